The van der Waals surface area contributed by atoms with E-state index in [0.717, 1.165) is 18.4 Å². The van der Waals surface area contributed by atoms with Crippen molar-refractivity contribution >= 4 is 21.7 Å². The minimum Gasteiger partial charge on any atom is -0.309 e. The molecule has 1 amide bonds. The summed E-state index contributed by atoms with van der Waals surface area (Å²) in [4.78, 5) is 13.4. The van der Waals surface area contributed by atoms with Gasteiger partial charge in [-0.05, 0) is 37.5 Å². The molecule has 1 N–H and O–H groups in total. The molecule has 162 valence electrons. The average molecular weight is 439 g/mol. The molecule has 1 saturated heterocycles. The Morgan fingerprint density at radius 2 is 1.81 bits per heavy atom. The highest BCUT2D eigenvalue weighted by atomic mass is 32.2. The first kappa shape index (κ1) is 21.3. The first-order valence-corrected chi connectivity index (χ1v) is 11.8. The highest BCUT2D eigenvalue weighted by molar-refractivity contribution is 7.89. The number of anilines is 1. The van der Waals surface area contributed by atoms with E-state index < -0.39 is 16.1 Å². The fourth-order valence-corrected chi connectivity index (χ4v) is 5.50. The third kappa shape index (κ3) is 4.70. The maximum atomic E-state index is 13.2. The Morgan fingerprint density at radius 3 is 2.55 bits per heavy atom. The van der Waals surface area contributed by atoms with Gasteiger partial charge in [0.25, 0.3) is 0 Å². The Labute approximate surface area is 182 Å². The summed E-state index contributed by atoms with van der Waals surface area (Å²) in [5, 5.41) is 7.22. The van der Waals surface area contributed by atoms with Gasteiger partial charge in [-0.15, -0.1) is 0 Å². The lowest BCUT2D eigenvalue weighted by atomic mass is 10.0. The van der Waals surface area contributed by atoms with Gasteiger partial charge in [-0.25, -0.2) is 13.1 Å². The molecule has 2 heterocycles. The number of rotatable bonds is 6. The molecule has 8 heteroatoms. The van der Waals surface area contributed by atoms with Gasteiger partial charge in [0.1, 0.15) is 11.9 Å². The van der Waals surface area contributed by atoms with Crippen LogP contribution < -0.4 is 5.32 Å². The standard InChI is InChI=1S/C23H26N4O3S/c1-18-10-12-19(13-11-18)17-26-22(14-15-24-26)25-23(28)21-9-5-6-16-27(21)31(29,30)20-7-3-2-4-8-20/h2-4,7-8,10-15,21H,5-6,9,16-17H2,1H3,(H,25,28). The summed E-state index contributed by atoms with van der Waals surface area (Å²) in [5.74, 6) is 0.220. The average Bonchev–Trinajstić information content (AvgIpc) is 3.22. The van der Waals surface area contributed by atoms with Crippen molar-refractivity contribution in [2.75, 3.05) is 11.9 Å². The molecule has 1 unspecified atom stereocenters. The highest BCUT2D eigenvalue weighted by Gasteiger charge is 2.37. The van der Waals surface area contributed by atoms with Gasteiger partial charge in [0.2, 0.25) is 15.9 Å². The van der Waals surface area contributed by atoms with Crippen LogP contribution in [-0.2, 0) is 21.4 Å². The maximum absolute atomic E-state index is 13.2. The summed E-state index contributed by atoms with van der Waals surface area (Å²) < 4.78 is 29.4. The Morgan fingerprint density at radius 1 is 1.06 bits per heavy atom. The van der Waals surface area contributed by atoms with E-state index in [9.17, 15) is 13.2 Å². The third-order valence-electron chi connectivity index (χ3n) is 5.53. The van der Waals surface area contributed by atoms with Crippen LogP contribution in [0.4, 0.5) is 5.82 Å². The van der Waals surface area contributed by atoms with Crippen LogP contribution in [0, 0.1) is 6.92 Å². The molecule has 0 aliphatic carbocycles. The SMILES string of the molecule is Cc1ccc(Cn2nccc2NC(=O)C2CCCCN2S(=O)(=O)c2ccccc2)cc1. The predicted octanol–water partition coefficient (Wildman–Crippen LogP) is 3.42. The Bertz CT molecular complexity index is 1140. The normalized spacial score (nSPS) is 17.4. The van der Waals surface area contributed by atoms with Crippen molar-refractivity contribution in [1.82, 2.24) is 14.1 Å². The second-order valence-electron chi connectivity index (χ2n) is 7.79. The molecule has 1 atom stereocenters. The van der Waals surface area contributed by atoms with E-state index in [0.29, 0.717) is 25.3 Å². The van der Waals surface area contributed by atoms with Gasteiger partial charge in [0.15, 0.2) is 0 Å². The molecule has 1 aliphatic heterocycles. The molecule has 0 spiro atoms. The lowest BCUT2D eigenvalue weighted by Crippen LogP contribution is -2.50. The van der Waals surface area contributed by atoms with Crippen LogP contribution in [0.25, 0.3) is 0 Å². The minimum absolute atomic E-state index is 0.208. The van der Waals surface area contributed by atoms with Crippen LogP contribution in [0.2, 0.25) is 0 Å². The molecule has 0 bridgehead atoms. The van der Waals surface area contributed by atoms with Crippen molar-refractivity contribution < 1.29 is 13.2 Å². The summed E-state index contributed by atoms with van der Waals surface area (Å²) in [6.45, 7) is 2.88. The van der Waals surface area contributed by atoms with Crippen molar-refractivity contribution in [3.05, 3.63) is 78.0 Å². The first-order valence-electron chi connectivity index (χ1n) is 10.4. The molecule has 1 aromatic heterocycles. The Balaban J connectivity index is 1.52. The summed E-state index contributed by atoms with van der Waals surface area (Å²) in [5.41, 5.74) is 2.24. The summed E-state index contributed by atoms with van der Waals surface area (Å²) >= 11 is 0. The third-order valence-corrected chi connectivity index (χ3v) is 7.45. The monoisotopic (exact) mass is 438 g/mol. The second-order valence-corrected chi connectivity index (χ2v) is 9.68. The number of hydrogen-bond donors (Lipinski definition) is 1. The van der Waals surface area contributed by atoms with Crippen molar-refractivity contribution in [1.29, 1.82) is 0 Å². The molecule has 0 radical (unpaired) electrons. The van der Waals surface area contributed by atoms with E-state index in [2.05, 4.69) is 10.4 Å². The number of nitrogens with one attached hydrogen (secondary N) is 1. The zero-order valence-electron chi connectivity index (χ0n) is 17.4. The number of amides is 1. The van der Waals surface area contributed by atoms with Gasteiger partial charge < -0.3 is 5.32 Å². The van der Waals surface area contributed by atoms with Gasteiger partial charge in [-0.2, -0.15) is 9.40 Å². The minimum atomic E-state index is -3.75. The number of carbonyl (C=O) groups is 1. The van der Waals surface area contributed by atoms with E-state index in [1.165, 1.54) is 9.87 Å². The van der Waals surface area contributed by atoms with E-state index in [4.69, 9.17) is 0 Å². The van der Waals surface area contributed by atoms with Crippen LogP contribution in [0.3, 0.4) is 0 Å². The number of sulfonamides is 1. The molecule has 2 aromatic carbocycles. The van der Waals surface area contributed by atoms with Crippen LogP contribution >= 0.6 is 0 Å². The van der Waals surface area contributed by atoms with Crippen molar-refractivity contribution in [2.24, 2.45) is 0 Å². The largest absolute Gasteiger partial charge is 0.309 e. The predicted molar refractivity (Wildman–Crippen MR) is 119 cm³/mol. The summed E-state index contributed by atoms with van der Waals surface area (Å²) in [6.07, 6.45) is 3.66. The first-order chi connectivity index (χ1) is 14.9. The molecule has 3 aromatic rings. The number of carbonyl (C=O) groups excluding carboxylic acids is 1. The van der Waals surface area contributed by atoms with Gasteiger partial charge in [-0.1, -0.05) is 54.4 Å². The highest BCUT2D eigenvalue weighted by Crippen LogP contribution is 2.26. The van der Waals surface area contributed by atoms with Crippen molar-refractivity contribution in [3.63, 3.8) is 0 Å². The molecule has 1 fully saturated rings. The number of piperidine rings is 1. The number of aromatic nitrogens is 2. The number of nitrogens with zero attached hydrogens (tertiary/aromatic N) is 3. The molecule has 0 saturated carbocycles. The fraction of sp³-hybridized carbons (Fsp3) is 0.304. The maximum Gasteiger partial charge on any atom is 0.243 e. The summed E-state index contributed by atoms with van der Waals surface area (Å²) in [7, 11) is -3.75. The van der Waals surface area contributed by atoms with Gasteiger partial charge >= 0.3 is 0 Å². The molecule has 31 heavy (non-hydrogen) atoms. The lowest BCUT2D eigenvalue weighted by Gasteiger charge is -2.33. The fourth-order valence-electron chi connectivity index (χ4n) is 3.82. The van der Waals surface area contributed by atoms with E-state index >= 15 is 0 Å². The Hall–Kier alpha value is -2.97. The van der Waals surface area contributed by atoms with Gasteiger partial charge in [-0.3, -0.25) is 4.79 Å². The van der Waals surface area contributed by atoms with Crippen LogP contribution in [0.5, 0.6) is 0 Å². The van der Waals surface area contributed by atoms with Crippen LogP contribution in [0.1, 0.15) is 30.4 Å². The Kier molecular flexibility index (Phi) is 6.20. The number of benzene rings is 2. The molecule has 4 rings (SSSR count). The van der Waals surface area contributed by atoms with Crippen molar-refractivity contribution in [3.8, 4) is 0 Å². The molecule has 7 nitrogen and oxygen atoms in total. The smallest absolute Gasteiger partial charge is 0.243 e. The molecular weight excluding hydrogens is 412 g/mol. The quantitative estimate of drug-likeness (QED) is 0.639. The van der Waals surface area contributed by atoms with E-state index in [1.807, 2.05) is 31.2 Å². The van der Waals surface area contributed by atoms with Gasteiger partial charge in [0, 0.05) is 12.6 Å². The topological polar surface area (TPSA) is 84.3 Å². The van der Waals surface area contributed by atoms with E-state index in [1.54, 1.807) is 47.3 Å². The number of aryl methyl sites for hydroxylation is 1. The zero-order valence-corrected chi connectivity index (χ0v) is 18.3. The van der Waals surface area contributed by atoms with Crippen LogP contribution in [-0.4, -0.2) is 41.0 Å². The summed E-state index contributed by atoms with van der Waals surface area (Å²) in [6, 6.07) is 17.4. The zero-order chi connectivity index (χ0) is 21.8. The van der Waals surface area contributed by atoms with E-state index in [-0.39, 0.29) is 10.8 Å². The molecular formula is C23H26N4O3S. The molecule has 1 aliphatic rings. The lowest BCUT2D eigenvalue weighted by molar-refractivity contribution is -0.120. The second kappa shape index (κ2) is 9.03. The van der Waals surface area contributed by atoms with Crippen LogP contribution in [0.15, 0.2) is 71.8 Å². The van der Waals surface area contributed by atoms with Gasteiger partial charge in [0.05, 0.1) is 17.6 Å². The number of hydrogen-bond acceptors (Lipinski definition) is 4. The van der Waals surface area contributed by atoms with Crippen molar-refractivity contribution in [2.45, 2.75) is 43.7 Å².